The molecule has 12 amide bonds. The molecule has 0 saturated carbocycles. The van der Waals surface area contributed by atoms with Gasteiger partial charge in [-0.2, -0.15) is 13.2 Å². The lowest BCUT2D eigenvalue weighted by Crippen LogP contribution is -2.64. The minimum absolute atomic E-state index is 0.0199. The number of aliphatic carboxylic acids is 1. The molecule has 15 atom stereocenters. The van der Waals surface area contributed by atoms with Gasteiger partial charge in [-0.05, 0) is 96.5 Å². The highest BCUT2D eigenvalue weighted by Crippen LogP contribution is 2.25. The first-order valence-electron chi connectivity index (χ1n) is 33.2. The van der Waals surface area contributed by atoms with Crippen LogP contribution in [0.1, 0.15) is 141 Å². The van der Waals surface area contributed by atoms with Crippen molar-refractivity contribution in [1.29, 1.82) is 0 Å². The Morgan fingerprint density at radius 3 is 1.67 bits per heavy atom. The minimum atomic E-state index is -5.08. The van der Waals surface area contributed by atoms with E-state index in [-0.39, 0.29) is 50.2 Å². The summed E-state index contributed by atoms with van der Waals surface area (Å²) in [6.07, 6.45) is -15.0. The van der Waals surface area contributed by atoms with Gasteiger partial charge in [-0.1, -0.05) is 92.1 Å². The lowest BCUT2D eigenvalue weighted by molar-refractivity contribution is -0.192. The van der Waals surface area contributed by atoms with Crippen LogP contribution in [0.5, 0.6) is 0 Å². The maximum Gasteiger partial charge on any atom is 0.490 e. The van der Waals surface area contributed by atoms with Gasteiger partial charge in [0.15, 0.2) is 24.2 Å². The summed E-state index contributed by atoms with van der Waals surface area (Å²) in [7, 11) is 0. The van der Waals surface area contributed by atoms with Crippen LogP contribution in [0.4, 0.5) is 18.0 Å². The zero-order chi connectivity index (χ0) is 80.2. The van der Waals surface area contributed by atoms with E-state index in [4.69, 9.17) is 36.6 Å². The van der Waals surface area contributed by atoms with Crippen LogP contribution in [0, 0.1) is 23.7 Å². The number of rotatable bonds is 23. The van der Waals surface area contributed by atoms with E-state index < -0.39 is 222 Å². The molecule has 0 spiro atoms. The van der Waals surface area contributed by atoms with E-state index in [0.717, 1.165) is 6.92 Å². The van der Waals surface area contributed by atoms with Crippen molar-refractivity contribution in [1.82, 2.24) is 58.5 Å². The molecule has 0 bridgehead atoms. The molecule has 1 fully saturated rings. The van der Waals surface area contributed by atoms with Gasteiger partial charge in [0.2, 0.25) is 65.0 Å². The highest BCUT2D eigenvalue weighted by atomic mass is 19.4. The summed E-state index contributed by atoms with van der Waals surface area (Å²) in [5, 5.41) is 88.5. The number of halogens is 3. The maximum absolute atomic E-state index is 15.5. The summed E-state index contributed by atoms with van der Waals surface area (Å²) < 4.78 is 43.0. The zero-order valence-electron chi connectivity index (χ0n) is 60.5. The fraction of sp³-hybridized carbons (Fsp3) is 0.672. The molecule has 1 aliphatic rings. The molecule has 0 aromatic heterocycles. The monoisotopic (exact) mass is 1490 g/mol. The Kier molecular flexibility index (Phi) is 37.6. The number of nitrogens with two attached hydrogens (primary N) is 3. The molecule has 2 unspecified atom stereocenters. The Balaban J connectivity index is 0.00000731. The number of guanidine groups is 1. The number of benzene rings is 1. The lowest BCUT2D eigenvalue weighted by Gasteiger charge is -2.34. The number of hydrogen-bond acceptors (Lipinski definition) is 22. The molecule has 0 radical (unpaired) electrons. The van der Waals surface area contributed by atoms with E-state index in [9.17, 15) is 91.4 Å². The van der Waals surface area contributed by atoms with Crippen LogP contribution < -0.4 is 75.7 Å². The fourth-order valence-corrected chi connectivity index (χ4v) is 9.60. The second kappa shape index (κ2) is 42.3. The van der Waals surface area contributed by atoms with Crippen molar-refractivity contribution < 1.29 is 120 Å². The number of aliphatic hydroxyl groups excluding tert-OH is 4. The molecule has 2 rings (SSSR count). The zero-order valence-corrected chi connectivity index (χ0v) is 60.5. The fourth-order valence-electron chi connectivity index (χ4n) is 9.60. The SMILES string of the molecule is CC[C@H](C)C1NC(=O)[C@@H](CCCN=C(N)N)NC(=O)[C@H](CC(C)C)NC(=O)[C@H]([C@H](O)C(C)C)NC(=O)[C@@H](NC(=O)[C@H](CC(C)C)NC(=O)[C@H](NC(=O)OC(C)(C)C)C(C)(C)O)[C@@H](c2ccccc2)OC(=O)[C@H](CO)NC(=O)[C@H]([C@H](O)C(N)=O)NC(=O)CNC(=O)C([C@H](C)O)NC1=O.O=C(O)C(F)(F)F. The molecule has 1 heterocycles. The molecule has 1 aliphatic heterocycles. The van der Waals surface area contributed by atoms with E-state index in [1.165, 1.54) is 78.8 Å². The van der Waals surface area contributed by atoms with Crippen molar-refractivity contribution >= 4 is 89.0 Å². The first-order chi connectivity index (χ1) is 47.9. The van der Waals surface area contributed by atoms with Crippen LogP contribution in [0.15, 0.2) is 35.3 Å². The van der Waals surface area contributed by atoms with Crippen LogP contribution in [-0.4, -0.2) is 235 Å². The van der Waals surface area contributed by atoms with Gasteiger partial charge >= 0.3 is 24.2 Å². The summed E-state index contributed by atoms with van der Waals surface area (Å²) in [5.74, 6) is -21.2. The number of alkyl carbamates (subject to hydrolysis) is 1. The number of amides is 12. The van der Waals surface area contributed by atoms with Gasteiger partial charge in [-0.15, -0.1) is 0 Å². The highest BCUT2D eigenvalue weighted by Gasteiger charge is 2.45. The molecule has 1 aromatic carbocycles. The predicted octanol–water partition coefficient (Wildman–Crippen LogP) is -4.51. The molecule has 0 aliphatic carbocycles. The van der Waals surface area contributed by atoms with E-state index in [1.54, 1.807) is 41.5 Å². The third-order valence-corrected chi connectivity index (χ3v) is 15.3. The normalized spacial score (nSPS) is 23.1. The number of cyclic esters (lactones) is 1. The number of carbonyl (C=O) groups excluding carboxylic acids is 13. The number of hydrogen-bond donors (Lipinski definition) is 20. The Morgan fingerprint density at radius 1 is 0.673 bits per heavy atom. The van der Waals surface area contributed by atoms with E-state index >= 15 is 9.59 Å². The van der Waals surface area contributed by atoms with Crippen LogP contribution >= 0.6 is 0 Å². The topological polar surface area (TPSA) is 602 Å². The van der Waals surface area contributed by atoms with Crippen LogP contribution in [0.2, 0.25) is 0 Å². The van der Waals surface area contributed by atoms with Gasteiger partial charge in [0.25, 0.3) is 0 Å². The van der Waals surface area contributed by atoms with Gasteiger partial charge in [0, 0.05) is 6.54 Å². The molecule has 104 heavy (non-hydrogen) atoms. The first kappa shape index (κ1) is 92.5. The van der Waals surface area contributed by atoms with Crippen molar-refractivity contribution in [3.05, 3.63) is 35.9 Å². The number of primary amides is 1. The molecule has 37 nitrogen and oxygen atoms in total. The van der Waals surface area contributed by atoms with Crippen molar-refractivity contribution in [3.8, 4) is 0 Å². The number of aliphatic imine (C=N–C) groups is 1. The number of ether oxygens (including phenoxy) is 2. The van der Waals surface area contributed by atoms with Gasteiger partial charge < -0.3 is 116 Å². The molecular weight excluding hydrogens is 1390 g/mol. The minimum Gasteiger partial charge on any atom is -0.475 e. The second-order valence-electron chi connectivity index (χ2n) is 27.4. The smallest absolute Gasteiger partial charge is 0.475 e. The third kappa shape index (κ3) is 32.0. The summed E-state index contributed by atoms with van der Waals surface area (Å²) >= 11 is 0. The standard InChI is InChI=1S/C62H103N15O20.C2HF3O2/c1-15-31(8)39-53(88)74-40(32(9)79)52(87)67-26-38(80)72-42(45(82)48(63)83)55(90)71-37(27-78)58(93)96-46(33-20-17-16-18-21-33)43(76-51(86)36(25-29(4)5)70-57(92)47(62(13,14)95)77-60(94)97-61(10,11)12)56(91)75-41(44(81)30(6)7)54(89)69-35(24-28(2)3)50(85)68-34(49(84)73-39)22-19-23-66-59(64)65;3-2(4,5)1(6)7/h16-18,20-21,28-32,34-37,39-47,78-79,81-82,95H,15,19,22-27H2,1-14H3,(H2,63,83)(H,67,87)(H,68,85)(H,69,89)(H,70,92)(H,71,90)(H,72,80)(H,73,84)(H,74,88)(H,75,91)(H,76,86)(H,77,94)(H4,64,65,66);(H,6,7)/t31-,32-,34+,35-,36-,37-,39?,40?,41-,42-,43-,44+,45-,46+,47-;/m0./s1. The third-order valence-electron chi connectivity index (χ3n) is 15.3. The van der Waals surface area contributed by atoms with Gasteiger partial charge in [0.05, 0.1) is 31.0 Å². The maximum atomic E-state index is 15.5. The van der Waals surface area contributed by atoms with Crippen molar-refractivity contribution in [2.24, 2.45) is 45.9 Å². The first-order valence-corrected chi connectivity index (χ1v) is 33.2. The molecule has 1 aromatic rings. The predicted molar refractivity (Wildman–Crippen MR) is 362 cm³/mol. The lowest BCUT2D eigenvalue weighted by atomic mass is 9.95. The number of alkyl halides is 3. The highest BCUT2D eigenvalue weighted by molar-refractivity contribution is 6.00. The summed E-state index contributed by atoms with van der Waals surface area (Å²) in [5.41, 5.74) is 13.2. The van der Waals surface area contributed by atoms with Gasteiger partial charge in [0.1, 0.15) is 60.0 Å². The summed E-state index contributed by atoms with van der Waals surface area (Å²) in [4.78, 5) is 198. The average Bonchev–Trinajstić information content (AvgIpc) is 0.812. The number of carboxylic acids is 1. The number of aliphatic hydroxyl groups is 5. The van der Waals surface area contributed by atoms with Crippen molar-refractivity contribution in [3.63, 3.8) is 0 Å². The number of nitrogens with one attached hydrogen (secondary N) is 11. The van der Waals surface area contributed by atoms with Crippen LogP contribution in [-0.2, 0) is 71.8 Å². The Morgan fingerprint density at radius 2 is 1.19 bits per heavy atom. The van der Waals surface area contributed by atoms with E-state index in [1.807, 2.05) is 10.6 Å². The number of carbonyl (C=O) groups is 14. The molecule has 40 heteroatoms. The van der Waals surface area contributed by atoms with Crippen molar-refractivity contribution in [2.45, 2.75) is 231 Å². The van der Waals surface area contributed by atoms with Crippen LogP contribution in [0.25, 0.3) is 0 Å². The molecular formula is C64H104F3N15O22. The number of carboxylic acid groups (broad SMARTS) is 1. The summed E-state index contributed by atoms with van der Waals surface area (Å²) in [6.45, 7) is 18.2. The molecule has 1 saturated heterocycles. The Hall–Kier alpha value is -9.54. The number of esters is 1. The average molecular weight is 1490 g/mol. The molecule has 23 N–H and O–H groups in total. The largest absolute Gasteiger partial charge is 0.490 e. The Labute approximate surface area is 598 Å². The van der Waals surface area contributed by atoms with Crippen LogP contribution in [0.3, 0.4) is 0 Å². The van der Waals surface area contributed by atoms with Gasteiger partial charge in [-0.3, -0.25) is 57.7 Å². The molecule has 588 valence electrons. The Bertz CT molecular complexity index is 3150. The van der Waals surface area contributed by atoms with Gasteiger partial charge in [-0.25, -0.2) is 14.4 Å². The van der Waals surface area contributed by atoms with E-state index in [0.29, 0.717) is 0 Å². The summed E-state index contributed by atoms with van der Waals surface area (Å²) in [6, 6.07) is -12.4. The van der Waals surface area contributed by atoms with Crippen molar-refractivity contribution in [2.75, 3.05) is 19.7 Å². The quantitative estimate of drug-likeness (QED) is 0.0212. The number of nitrogens with zero attached hydrogens (tertiary/aromatic N) is 1. The second-order valence-corrected chi connectivity index (χ2v) is 27.4. The van der Waals surface area contributed by atoms with E-state index in [2.05, 4.69) is 52.8 Å².